The van der Waals surface area contributed by atoms with Gasteiger partial charge >= 0.3 is 12.4 Å². The van der Waals surface area contributed by atoms with Gasteiger partial charge in [-0.05, 0) is 23.8 Å². The third kappa shape index (κ3) is 4.24. The van der Waals surface area contributed by atoms with Gasteiger partial charge in [-0.1, -0.05) is 0 Å². The lowest BCUT2D eigenvalue weighted by atomic mass is 10.0. The van der Waals surface area contributed by atoms with E-state index < -0.39 is 35.9 Å². The number of hydrogen-bond donors (Lipinski definition) is 2. The standard InChI is InChI=1S/C13H9F6N3O/c14-12(15,16)9-1-7(2-10(3-9)13(17,18)19)4-20-11(23)8-5-21-22-6-8/h1-3,5-6H,4H2,(H,20,23)(H,21,22). The van der Waals surface area contributed by atoms with Gasteiger partial charge in [-0.2, -0.15) is 31.4 Å². The lowest BCUT2D eigenvalue weighted by Gasteiger charge is -2.14. The number of rotatable bonds is 3. The molecular formula is C13H9F6N3O. The largest absolute Gasteiger partial charge is 0.416 e. The third-order valence-electron chi connectivity index (χ3n) is 2.86. The van der Waals surface area contributed by atoms with Crippen LogP contribution in [0.25, 0.3) is 0 Å². The zero-order chi connectivity index (χ0) is 17.3. The highest BCUT2D eigenvalue weighted by Crippen LogP contribution is 2.36. The molecule has 0 fully saturated rings. The van der Waals surface area contributed by atoms with Gasteiger partial charge in [0.15, 0.2) is 0 Å². The first kappa shape index (κ1) is 16.8. The average Bonchev–Trinajstić information content (AvgIpc) is 2.96. The van der Waals surface area contributed by atoms with Crippen LogP contribution in [0.5, 0.6) is 0 Å². The number of benzene rings is 1. The van der Waals surface area contributed by atoms with E-state index in [4.69, 9.17) is 0 Å². The second-order valence-electron chi connectivity index (χ2n) is 4.58. The van der Waals surface area contributed by atoms with Crippen LogP contribution in [0, 0.1) is 0 Å². The topological polar surface area (TPSA) is 57.8 Å². The summed E-state index contributed by atoms with van der Waals surface area (Å²) in [5, 5.41) is 8.09. The second-order valence-corrected chi connectivity index (χ2v) is 4.58. The summed E-state index contributed by atoms with van der Waals surface area (Å²) in [4.78, 5) is 11.6. The molecule has 0 aliphatic rings. The predicted molar refractivity (Wildman–Crippen MR) is 66.2 cm³/mol. The van der Waals surface area contributed by atoms with Gasteiger partial charge in [-0.15, -0.1) is 0 Å². The Morgan fingerprint density at radius 1 is 1.04 bits per heavy atom. The summed E-state index contributed by atoms with van der Waals surface area (Å²) in [5.74, 6) is -0.676. The Morgan fingerprint density at radius 3 is 2.04 bits per heavy atom. The molecule has 10 heteroatoms. The Kier molecular flexibility index (Phi) is 4.35. The van der Waals surface area contributed by atoms with E-state index in [1.54, 1.807) is 0 Å². The Bertz CT molecular complexity index is 658. The van der Waals surface area contributed by atoms with Crippen LogP contribution in [0.15, 0.2) is 30.6 Å². The van der Waals surface area contributed by atoms with Gasteiger partial charge in [-0.25, -0.2) is 0 Å². The van der Waals surface area contributed by atoms with Crippen molar-refractivity contribution in [1.82, 2.24) is 15.5 Å². The monoisotopic (exact) mass is 337 g/mol. The molecule has 2 N–H and O–H groups in total. The Morgan fingerprint density at radius 2 is 1.61 bits per heavy atom. The molecule has 0 unspecified atom stereocenters. The molecule has 1 heterocycles. The summed E-state index contributed by atoms with van der Waals surface area (Å²) < 4.78 is 76.1. The van der Waals surface area contributed by atoms with Gasteiger partial charge in [-0.3, -0.25) is 9.89 Å². The fraction of sp³-hybridized carbons (Fsp3) is 0.231. The van der Waals surface area contributed by atoms with Crippen molar-refractivity contribution < 1.29 is 31.1 Å². The van der Waals surface area contributed by atoms with Crippen LogP contribution in [0.3, 0.4) is 0 Å². The molecule has 4 nitrogen and oxygen atoms in total. The molecule has 1 aromatic carbocycles. The number of amides is 1. The fourth-order valence-electron chi connectivity index (χ4n) is 1.78. The quantitative estimate of drug-likeness (QED) is 0.844. The highest BCUT2D eigenvalue weighted by Gasteiger charge is 2.36. The second kappa shape index (κ2) is 5.94. The predicted octanol–water partition coefficient (Wildman–Crippen LogP) is 3.38. The zero-order valence-electron chi connectivity index (χ0n) is 11.2. The normalized spacial score (nSPS) is 12.3. The number of aromatic amines is 1. The summed E-state index contributed by atoms with van der Waals surface area (Å²) in [6.45, 7) is -0.489. The van der Waals surface area contributed by atoms with Crippen molar-refractivity contribution in [3.8, 4) is 0 Å². The number of carbonyl (C=O) groups is 1. The van der Waals surface area contributed by atoms with Crippen molar-refractivity contribution in [2.45, 2.75) is 18.9 Å². The molecule has 23 heavy (non-hydrogen) atoms. The number of aromatic nitrogens is 2. The van der Waals surface area contributed by atoms with Gasteiger partial charge in [0.05, 0.1) is 22.9 Å². The molecule has 2 aromatic rings. The van der Waals surface area contributed by atoms with Crippen LogP contribution in [-0.2, 0) is 18.9 Å². The molecular weight excluding hydrogens is 328 g/mol. The molecule has 1 aromatic heterocycles. The van der Waals surface area contributed by atoms with Crippen LogP contribution < -0.4 is 5.32 Å². The Labute approximate surface area is 125 Å². The SMILES string of the molecule is O=C(NCc1cc(C(F)(F)F)cc(C(F)(F)F)c1)c1cn[nH]c1. The number of carbonyl (C=O) groups excluding carboxylic acids is 1. The number of nitrogens with zero attached hydrogens (tertiary/aromatic N) is 1. The molecule has 2 rings (SSSR count). The number of halogens is 6. The van der Waals surface area contributed by atoms with Crippen LogP contribution in [0.1, 0.15) is 27.0 Å². The van der Waals surface area contributed by atoms with E-state index in [0.29, 0.717) is 12.1 Å². The third-order valence-corrected chi connectivity index (χ3v) is 2.86. The highest BCUT2D eigenvalue weighted by molar-refractivity contribution is 5.93. The maximum atomic E-state index is 12.7. The summed E-state index contributed by atoms with van der Waals surface area (Å²) in [7, 11) is 0. The van der Waals surface area contributed by atoms with Crippen LogP contribution in [-0.4, -0.2) is 16.1 Å². The first-order chi connectivity index (χ1) is 10.6. The van der Waals surface area contributed by atoms with Crippen molar-refractivity contribution in [1.29, 1.82) is 0 Å². The van der Waals surface area contributed by atoms with Crippen molar-refractivity contribution in [3.63, 3.8) is 0 Å². The molecule has 0 saturated heterocycles. The number of hydrogen-bond acceptors (Lipinski definition) is 2. The average molecular weight is 337 g/mol. The molecule has 0 spiro atoms. The molecule has 0 bridgehead atoms. The van der Waals surface area contributed by atoms with E-state index >= 15 is 0 Å². The van der Waals surface area contributed by atoms with Crippen molar-refractivity contribution in [2.24, 2.45) is 0 Å². The molecule has 0 aliphatic heterocycles. The molecule has 0 radical (unpaired) electrons. The van der Waals surface area contributed by atoms with Gasteiger partial charge in [0.1, 0.15) is 0 Å². The summed E-state index contributed by atoms with van der Waals surface area (Å²) >= 11 is 0. The minimum absolute atomic E-state index is 0.0292. The van der Waals surface area contributed by atoms with Crippen molar-refractivity contribution in [3.05, 3.63) is 52.8 Å². The first-order valence-electron chi connectivity index (χ1n) is 6.13. The van der Waals surface area contributed by atoms with Gasteiger partial charge < -0.3 is 5.32 Å². The number of H-pyrrole nitrogens is 1. The van der Waals surface area contributed by atoms with Gasteiger partial charge in [0, 0.05) is 12.7 Å². The van der Waals surface area contributed by atoms with Crippen LogP contribution in [0.4, 0.5) is 26.3 Å². The lowest BCUT2D eigenvalue weighted by molar-refractivity contribution is -0.143. The minimum Gasteiger partial charge on any atom is -0.348 e. The maximum absolute atomic E-state index is 12.7. The summed E-state index contributed by atoms with van der Waals surface area (Å²) in [5.41, 5.74) is -3.07. The molecule has 124 valence electrons. The van der Waals surface area contributed by atoms with Gasteiger partial charge in [0.2, 0.25) is 0 Å². The van der Waals surface area contributed by atoms with Crippen molar-refractivity contribution >= 4 is 5.91 Å². The van der Waals surface area contributed by atoms with Gasteiger partial charge in [0.25, 0.3) is 5.91 Å². The number of alkyl halides is 6. The molecule has 1 amide bonds. The highest BCUT2D eigenvalue weighted by atomic mass is 19.4. The van der Waals surface area contributed by atoms with E-state index in [1.807, 2.05) is 0 Å². The Balaban J connectivity index is 2.25. The zero-order valence-corrected chi connectivity index (χ0v) is 11.2. The van der Waals surface area contributed by atoms with E-state index in [-0.39, 0.29) is 17.2 Å². The van der Waals surface area contributed by atoms with Crippen LogP contribution >= 0.6 is 0 Å². The summed E-state index contributed by atoms with van der Waals surface area (Å²) in [6, 6.07) is 1.15. The molecule has 0 aliphatic carbocycles. The maximum Gasteiger partial charge on any atom is 0.416 e. The van der Waals surface area contributed by atoms with Crippen molar-refractivity contribution in [2.75, 3.05) is 0 Å². The van der Waals surface area contributed by atoms with E-state index in [1.165, 1.54) is 12.4 Å². The Hall–Kier alpha value is -2.52. The minimum atomic E-state index is -4.93. The summed E-state index contributed by atoms with van der Waals surface area (Å²) in [6.07, 6.45) is -7.44. The number of nitrogens with one attached hydrogen (secondary N) is 2. The van der Waals surface area contributed by atoms with E-state index in [2.05, 4.69) is 15.5 Å². The van der Waals surface area contributed by atoms with E-state index in [0.717, 1.165) is 0 Å². The van der Waals surface area contributed by atoms with Crippen LogP contribution in [0.2, 0.25) is 0 Å². The first-order valence-corrected chi connectivity index (χ1v) is 6.13. The fourth-order valence-corrected chi connectivity index (χ4v) is 1.78. The molecule has 0 saturated carbocycles. The smallest absolute Gasteiger partial charge is 0.348 e. The lowest BCUT2D eigenvalue weighted by Crippen LogP contribution is -2.23. The molecule has 0 atom stereocenters. The van der Waals surface area contributed by atoms with E-state index in [9.17, 15) is 31.1 Å².